The highest BCUT2D eigenvalue weighted by molar-refractivity contribution is 7.80. The van der Waals surface area contributed by atoms with Crippen molar-refractivity contribution in [3.8, 4) is 22.8 Å². The molecule has 0 spiro atoms. The molecule has 0 amide bonds. The second-order valence-electron chi connectivity index (χ2n) is 8.01. The summed E-state index contributed by atoms with van der Waals surface area (Å²) in [5.74, 6) is 2.28. The summed E-state index contributed by atoms with van der Waals surface area (Å²) in [5, 5.41) is 15.4. The average molecular weight is 487 g/mol. The van der Waals surface area contributed by atoms with Crippen molar-refractivity contribution in [2.24, 2.45) is 0 Å². The molecular weight excluding hydrogens is 468 g/mol. The first kappa shape index (κ1) is 21.1. The molecule has 2 atom stereocenters. The van der Waals surface area contributed by atoms with Gasteiger partial charge < -0.3 is 24.1 Å². The van der Waals surface area contributed by atoms with Crippen molar-refractivity contribution >= 4 is 28.7 Å². The van der Waals surface area contributed by atoms with E-state index in [1.165, 1.54) is 6.07 Å². The van der Waals surface area contributed by atoms with Crippen LogP contribution in [0.25, 0.3) is 11.3 Å². The lowest BCUT2D eigenvalue weighted by molar-refractivity contribution is -0.384. The number of benzene rings is 2. The molecule has 2 aromatic carbocycles. The first-order valence-corrected chi connectivity index (χ1v) is 11.2. The molecule has 2 aromatic heterocycles. The van der Waals surface area contributed by atoms with Gasteiger partial charge in [0.15, 0.2) is 16.6 Å². The number of nitrogens with zero attached hydrogens (tertiary/aromatic N) is 3. The van der Waals surface area contributed by atoms with Crippen molar-refractivity contribution in [3.05, 3.63) is 101 Å². The maximum atomic E-state index is 11.6. The summed E-state index contributed by atoms with van der Waals surface area (Å²) in [6.45, 7) is 0.166. The fourth-order valence-corrected chi connectivity index (χ4v) is 4.80. The highest BCUT2D eigenvalue weighted by Crippen LogP contribution is 2.45. The zero-order valence-electron chi connectivity index (χ0n) is 18.2. The monoisotopic (exact) mass is 486 g/mol. The number of rotatable bonds is 5. The van der Waals surface area contributed by atoms with Gasteiger partial charge in [0.1, 0.15) is 17.6 Å². The number of fused-ring (bicyclic) bond motifs is 1. The van der Waals surface area contributed by atoms with Crippen molar-refractivity contribution in [2.75, 3.05) is 11.7 Å². The zero-order chi connectivity index (χ0) is 23.9. The standard InChI is InChI=1S/C25H18N4O5S/c30-29(31)18-7-2-1-5-16(18)19-10-11-21(34-19)24-23(17-6-3-4-12-26-17)27-25(35)28(24)15-8-9-20-22(13-15)33-14-32-20/h1-13,23-24H,14H2,(H,27,35). The Morgan fingerprint density at radius 1 is 1.03 bits per heavy atom. The van der Waals surface area contributed by atoms with Crippen LogP contribution in [0.4, 0.5) is 11.4 Å². The Morgan fingerprint density at radius 2 is 1.86 bits per heavy atom. The van der Waals surface area contributed by atoms with E-state index in [4.69, 9.17) is 26.1 Å². The number of pyridine rings is 1. The summed E-state index contributed by atoms with van der Waals surface area (Å²) >= 11 is 5.74. The Balaban J connectivity index is 1.46. The maximum absolute atomic E-state index is 11.6. The molecule has 2 unspecified atom stereocenters. The quantitative estimate of drug-likeness (QED) is 0.233. The van der Waals surface area contributed by atoms with Gasteiger partial charge in [-0.25, -0.2) is 0 Å². The van der Waals surface area contributed by atoms with Crippen molar-refractivity contribution in [2.45, 2.75) is 12.1 Å². The Bertz CT molecular complexity index is 1440. The van der Waals surface area contributed by atoms with Gasteiger partial charge in [0.2, 0.25) is 6.79 Å². The van der Waals surface area contributed by atoms with E-state index in [1.54, 1.807) is 30.5 Å². The molecule has 9 nitrogen and oxygen atoms in total. The van der Waals surface area contributed by atoms with E-state index in [0.717, 1.165) is 11.4 Å². The first-order valence-electron chi connectivity index (χ1n) is 10.8. The summed E-state index contributed by atoms with van der Waals surface area (Å²) in [6.07, 6.45) is 1.72. The molecule has 0 radical (unpaired) electrons. The first-order chi connectivity index (χ1) is 17.1. The van der Waals surface area contributed by atoms with Crippen LogP contribution >= 0.6 is 12.2 Å². The van der Waals surface area contributed by atoms with Crippen molar-refractivity contribution in [1.82, 2.24) is 10.3 Å². The van der Waals surface area contributed by atoms with Gasteiger partial charge in [0.25, 0.3) is 5.69 Å². The molecular formula is C25H18N4O5S. The average Bonchev–Trinajstić information content (AvgIpc) is 3.62. The number of nitro benzene ring substituents is 1. The van der Waals surface area contributed by atoms with Gasteiger partial charge in [0, 0.05) is 24.0 Å². The van der Waals surface area contributed by atoms with Crippen LogP contribution in [-0.2, 0) is 0 Å². The number of anilines is 1. The highest BCUT2D eigenvalue weighted by Gasteiger charge is 2.43. The van der Waals surface area contributed by atoms with Crippen LogP contribution in [0.15, 0.2) is 83.4 Å². The Morgan fingerprint density at radius 3 is 2.69 bits per heavy atom. The maximum Gasteiger partial charge on any atom is 0.280 e. The number of nitro groups is 1. The number of hydrogen-bond acceptors (Lipinski definition) is 7. The topological polar surface area (TPSA) is 103 Å². The number of thiocarbonyl (C=S) groups is 1. The van der Waals surface area contributed by atoms with Gasteiger partial charge in [0.05, 0.1) is 22.2 Å². The van der Waals surface area contributed by atoms with Crippen LogP contribution in [-0.4, -0.2) is 21.8 Å². The Labute approximate surface area is 205 Å². The smallest absolute Gasteiger partial charge is 0.280 e. The third-order valence-electron chi connectivity index (χ3n) is 6.02. The van der Waals surface area contributed by atoms with E-state index in [1.807, 2.05) is 47.4 Å². The fourth-order valence-electron chi connectivity index (χ4n) is 4.45. The van der Waals surface area contributed by atoms with E-state index >= 15 is 0 Å². The van der Waals surface area contributed by atoms with Crippen LogP contribution < -0.4 is 19.7 Å². The third-order valence-corrected chi connectivity index (χ3v) is 6.33. The van der Waals surface area contributed by atoms with Crippen LogP contribution in [0.1, 0.15) is 23.5 Å². The molecule has 10 heteroatoms. The van der Waals surface area contributed by atoms with E-state index in [2.05, 4.69) is 10.3 Å². The SMILES string of the molecule is O=[N+]([O-])c1ccccc1-c1ccc(C2C(c3ccccn3)NC(=S)N2c2ccc3c(c2)OCO3)o1. The van der Waals surface area contributed by atoms with Crippen molar-refractivity contribution < 1.29 is 18.8 Å². The number of furan rings is 1. The van der Waals surface area contributed by atoms with E-state index in [0.29, 0.717) is 33.7 Å². The minimum Gasteiger partial charge on any atom is -0.459 e. The molecule has 1 N–H and O–H groups in total. The minimum absolute atomic E-state index is 0.0256. The summed E-state index contributed by atoms with van der Waals surface area (Å²) in [7, 11) is 0. The van der Waals surface area contributed by atoms with Gasteiger partial charge >= 0.3 is 0 Å². The lowest BCUT2D eigenvalue weighted by atomic mass is 10.0. The van der Waals surface area contributed by atoms with Crippen molar-refractivity contribution in [1.29, 1.82) is 0 Å². The summed E-state index contributed by atoms with van der Waals surface area (Å²) in [4.78, 5) is 17.6. The third kappa shape index (κ3) is 3.64. The highest BCUT2D eigenvalue weighted by atomic mass is 32.1. The number of para-hydroxylation sites is 1. The molecule has 0 bridgehead atoms. The van der Waals surface area contributed by atoms with Gasteiger partial charge in [-0.15, -0.1) is 0 Å². The van der Waals surface area contributed by atoms with Gasteiger partial charge in [-0.1, -0.05) is 18.2 Å². The molecule has 0 saturated carbocycles. The molecule has 6 rings (SSSR count). The van der Waals surface area contributed by atoms with Crippen LogP contribution in [0.2, 0.25) is 0 Å². The normalized spacial score (nSPS) is 18.5. The second kappa shape index (κ2) is 8.41. The molecule has 1 fully saturated rings. The molecule has 174 valence electrons. The number of hydrogen-bond donors (Lipinski definition) is 1. The van der Waals surface area contributed by atoms with E-state index in [-0.39, 0.29) is 18.5 Å². The van der Waals surface area contributed by atoms with E-state index in [9.17, 15) is 10.1 Å². The fraction of sp³-hybridized carbons (Fsp3) is 0.120. The lowest BCUT2D eigenvalue weighted by Crippen LogP contribution is -2.29. The molecule has 4 heterocycles. The number of ether oxygens (including phenoxy) is 2. The zero-order valence-corrected chi connectivity index (χ0v) is 19.0. The molecule has 4 aromatic rings. The van der Waals surface area contributed by atoms with Crippen LogP contribution in [0.5, 0.6) is 11.5 Å². The van der Waals surface area contributed by atoms with Crippen molar-refractivity contribution in [3.63, 3.8) is 0 Å². The summed E-state index contributed by atoms with van der Waals surface area (Å²) in [6, 6.07) is 20.6. The molecule has 1 saturated heterocycles. The molecule has 2 aliphatic heterocycles. The van der Waals surface area contributed by atoms with Crippen LogP contribution in [0.3, 0.4) is 0 Å². The summed E-state index contributed by atoms with van der Waals surface area (Å²) < 4.78 is 17.3. The predicted molar refractivity (Wildman–Crippen MR) is 131 cm³/mol. The Kier molecular flexibility index (Phi) is 5.07. The van der Waals surface area contributed by atoms with Gasteiger partial charge in [-0.05, 0) is 54.7 Å². The minimum atomic E-state index is -0.417. The second-order valence-corrected chi connectivity index (χ2v) is 8.40. The molecule has 35 heavy (non-hydrogen) atoms. The van der Waals surface area contributed by atoms with Crippen LogP contribution in [0, 0.1) is 10.1 Å². The largest absolute Gasteiger partial charge is 0.459 e. The Hall–Kier alpha value is -4.44. The number of nitrogens with one attached hydrogen (secondary N) is 1. The van der Waals surface area contributed by atoms with Gasteiger partial charge in [-0.2, -0.15) is 0 Å². The van der Waals surface area contributed by atoms with E-state index < -0.39 is 11.0 Å². The molecule has 0 aliphatic carbocycles. The summed E-state index contributed by atoms with van der Waals surface area (Å²) in [5.41, 5.74) is 1.95. The molecule has 2 aliphatic rings. The van der Waals surface area contributed by atoms with Gasteiger partial charge in [-0.3, -0.25) is 15.1 Å². The number of aromatic nitrogens is 1. The lowest BCUT2D eigenvalue weighted by Gasteiger charge is -2.26. The predicted octanol–water partition coefficient (Wildman–Crippen LogP) is 5.16.